The van der Waals surface area contributed by atoms with Crippen LogP contribution in [-0.2, 0) is 24.4 Å². The molecule has 2 aliphatic heterocycles. The molecule has 0 saturated carbocycles. The molecule has 3 heterocycles. The minimum Gasteiger partial charge on any atom is -0.406 e. The number of ether oxygens (including phenoxy) is 1. The molecule has 1 amide bonds. The van der Waals surface area contributed by atoms with E-state index in [1.54, 1.807) is 12.1 Å². The van der Waals surface area contributed by atoms with E-state index in [0.717, 1.165) is 97.5 Å². The van der Waals surface area contributed by atoms with E-state index in [0.29, 0.717) is 19.6 Å². The number of carbonyl (C=O) groups excluding carboxylic acids is 1. The lowest BCUT2D eigenvalue weighted by Crippen LogP contribution is -2.55. The molecule has 12 heteroatoms. The number of nitrogens with one attached hydrogen (secondary N) is 3. The van der Waals surface area contributed by atoms with Gasteiger partial charge in [0.1, 0.15) is 5.75 Å². The van der Waals surface area contributed by atoms with E-state index in [1.165, 1.54) is 12.1 Å². The van der Waals surface area contributed by atoms with Crippen LogP contribution in [0.25, 0.3) is 22.0 Å². The first-order valence-electron chi connectivity index (χ1n) is 16.4. The number of piperazine rings is 2. The Morgan fingerprint density at radius 2 is 1.73 bits per heavy atom. The molecule has 4 aromatic rings. The molecule has 2 aliphatic rings. The molecule has 48 heavy (non-hydrogen) atoms. The Morgan fingerprint density at radius 1 is 0.979 bits per heavy atom. The van der Waals surface area contributed by atoms with Gasteiger partial charge in [0.15, 0.2) is 0 Å². The van der Waals surface area contributed by atoms with E-state index in [2.05, 4.69) is 59.3 Å². The number of nitriles is 1. The summed E-state index contributed by atoms with van der Waals surface area (Å²) in [5.41, 5.74) is 5.67. The van der Waals surface area contributed by atoms with Crippen molar-refractivity contribution in [1.29, 1.82) is 5.26 Å². The number of benzene rings is 3. The van der Waals surface area contributed by atoms with Gasteiger partial charge in [-0.05, 0) is 53.4 Å². The number of alkyl halides is 3. The van der Waals surface area contributed by atoms with Gasteiger partial charge >= 0.3 is 6.36 Å². The van der Waals surface area contributed by atoms with Gasteiger partial charge in [-0.25, -0.2) is 0 Å². The topological polar surface area (TPSA) is 97.6 Å². The molecule has 0 radical (unpaired) electrons. The summed E-state index contributed by atoms with van der Waals surface area (Å²) in [7, 11) is 0. The predicted octanol–water partition coefficient (Wildman–Crippen LogP) is 4.46. The maximum Gasteiger partial charge on any atom is 0.573 e. The molecule has 1 aromatic heterocycles. The second-order valence-electron chi connectivity index (χ2n) is 12.3. The van der Waals surface area contributed by atoms with Crippen LogP contribution in [0, 0.1) is 11.3 Å². The van der Waals surface area contributed by atoms with E-state index in [1.807, 2.05) is 30.5 Å². The van der Waals surface area contributed by atoms with Gasteiger partial charge < -0.3 is 25.3 Å². The number of nitrogens with zero attached hydrogens (tertiary/aromatic N) is 4. The first kappa shape index (κ1) is 33.5. The molecule has 3 aromatic carbocycles. The Bertz CT molecular complexity index is 1740. The summed E-state index contributed by atoms with van der Waals surface area (Å²) < 4.78 is 44.6. The van der Waals surface area contributed by atoms with Crippen LogP contribution < -0.4 is 20.7 Å². The summed E-state index contributed by atoms with van der Waals surface area (Å²) >= 11 is 0. The first-order valence-corrected chi connectivity index (χ1v) is 16.4. The molecule has 2 fully saturated rings. The van der Waals surface area contributed by atoms with E-state index >= 15 is 0 Å². The zero-order chi connectivity index (χ0) is 33.5. The fourth-order valence-corrected chi connectivity index (χ4v) is 6.49. The minimum atomic E-state index is -4.75. The van der Waals surface area contributed by atoms with E-state index < -0.39 is 6.36 Å². The first-order chi connectivity index (χ1) is 23.3. The smallest absolute Gasteiger partial charge is 0.406 e. The number of halogens is 3. The maximum absolute atomic E-state index is 12.8. The summed E-state index contributed by atoms with van der Waals surface area (Å²) in [5, 5.41) is 19.9. The molecule has 3 N–H and O–H groups in total. The SMILES string of the molecule is N#Cc1ccccc1CN1CCN(Cc2ccc3c(c2)c(-c2ccc(OC(F)(F)F)cc2)cn3CCCNC(=O)C2CNCCN2)CC1. The van der Waals surface area contributed by atoms with Gasteiger partial charge in [-0.2, -0.15) is 5.26 Å². The molecule has 1 atom stereocenters. The second-order valence-corrected chi connectivity index (χ2v) is 12.3. The van der Waals surface area contributed by atoms with E-state index in [9.17, 15) is 23.2 Å². The summed E-state index contributed by atoms with van der Waals surface area (Å²) in [4.78, 5) is 17.3. The van der Waals surface area contributed by atoms with Gasteiger partial charge in [-0.15, -0.1) is 13.2 Å². The molecule has 1 unspecified atom stereocenters. The zero-order valence-electron chi connectivity index (χ0n) is 26.7. The number of aromatic nitrogens is 1. The largest absolute Gasteiger partial charge is 0.573 e. The van der Waals surface area contributed by atoms with Crippen LogP contribution in [0.5, 0.6) is 5.75 Å². The Hall–Kier alpha value is -4.41. The molecule has 0 spiro atoms. The van der Waals surface area contributed by atoms with Crippen molar-refractivity contribution in [2.45, 2.75) is 38.5 Å². The van der Waals surface area contributed by atoms with Crippen molar-refractivity contribution in [3.05, 3.63) is 89.6 Å². The van der Waals surface area contributed by atoms with Crippen LogP contribution >= 0.6 is 0 Å². The maximum atomic E-state index is 12.8. The number of fused-ring (bicyclic) bond motifs is 1. The highest BCUT2D eigenvalue weighted by atomic mass is 19.4. The third-order valence-corrected chi connectivity index (χ3v) is 8.98. The van der Waals surface area contributed by atoms with Crippen molar-refractivity contribution < 1.29 is 22.7 Å². The van der Waals surface area contributed by atoms with Gasteiger partial charge in [0.25, 0.3) is 0 Å². The number of carbonyl (C=O) groups is 1. The third kappa shape index (κ3) is 8.54. The minimum absolute atomic E-state index is 0.0149. The molecule has 2 saturated heterocycles. The lowest BCUT2D eigenvalue weighted by molar-refractivity contribution is -0.274. The molecule has 252 valence electrons. The Morgan fingerprint density at radius 3 is 2.44 bits per heavy atom. The van der Waals surface area contributed by atoms with Crippen LogP contribution in [0.4, 0.5) is 13.2 Å². The average Bonchev–Trinajstić information content (AvgIpc) is 3.45. The lowest BCUT2D eigenvalue weighted by Gasteiger charge is -2.35. The average molecular weight is 660 g/mol. The van der Waals surface area contributed by atoms with Gasteiger partial charge in [0, 0.05) is 94.7 Å². The lowest BCUT2D eigenvalue weighted by atomic mass is 10.0. The molecule has 0 bridgehead atoms. The van der Waals surface area contributed by atoms with Gasteiger partial charge in [0.2, 0.25) is 5.91 Å². The highest BCUT2D eigenvalue weighted by Gasteiger charge is 2.31. The fourth-order valence-electron chi connectivity index (χ4n) is 6.49. The normalized spacial score (nSPS) is 17.7. The van der Waals surface area contributed by atoms with Crippen LogP contribution in [0.15, 0.2) is 72.9 Å². The van der Waals surface area contributed by atoms with Crippen molar-refractivity contribution in [3.63, 3.8) is 0 Å². The van der Waals surface area contributed by atoms with Gasteiger partial charge in [-0.3, -0.25) is 14.6 Å². The monoisotopic (exact) mass is 659 g/mol. The standard InChI is InChI=1S/C36H40F3N7O2/c37-36(38,39)48-30-9-7-27(8-10-30)32-25-46(15-3-12-43-35(47)33-22-41-13-14-42-33)34-11-6-26(20-31(32)34)23-44-16-18-45(19-17-44)24-29-5-2-1-4-28(29)21-40/h1-2,4-11,20,25,33,41-42H,3,12-19,22-24H2,(H,43,47). The summed E-state index contributed by atoms with van der Waals surface area (Å²) in [6.45, 7) is 8.56. The summed E-state index contributed by atoms with van der Waals surface area (Å²) in [6, 6.07) is 22.2. The summed E-state index contributed by atoms with van der Waals surface area (Å²) in [5.74, 6) is -0.275. The third-order valence-electron chi connectivity index (χ3n) is 8.98. The Kier molecular flexibility index (Phi) is 10.6. The highest BCUT2D eigenvalue weighted by Crippen LogP contribution is 2.34. The number of rotatable bonds is 11. The number of hydrogen-bond donors (Lipinski definition) is 3. The summed E-state index contributed by atoms with van der Waals surface area (Å²) in [6.07, 6.45) is -1.99. The van der Waals surface area contributed by atoms with Crippen molar-refractivity contribution in [2.24, 2.45) is 0 Å². The number of amides is 1. The fraction of sp³-hybridized carbons (Fsp3) is 0.389. The van der Waals surface area contributed by atoms with Crippen LogP contribution in [0.3, 0.4) is 0 Å². The van der Waals surface area contributed by atoms with Crippen LogP contribution in [0.2, 0.25) is 0 Å². The van der Waals surface area contributed by atoms with Crippen molar-refractivity contribution in [3.8, 4) is 22.9 Å². The molecule has 0 aliphatic carbocycles. The molecule has 6 rings (SSSR count). The van der Waals surface area contributed by atoms with Crippen LogP contribution in [-0.4, -0.2) is 85.0 Å². The van der Waals surface area contributed by atoms with Crippen molar-refractivity contribution >= 4 is 16.8 Å². The highest BCUT2D eigenvalue weighted by molar-refractivity contribution is 5.96. The Labute approximate surface area is 278 Å². The molecular formula is C36H40F3N7O2. The predicted molar refractivity (Wildman–Crippen MR) is 178 cm³/mol. The van der Waals surface area contributed by atoms with E-state index in [-0.39, 0.29) is 17.7 Å². The zero-order valence-corrected chi connectivity index (χ0v) is 26.7. The number of hydrogen-bond acceptors (Lipinski definition) is 7. The van der Waals surface area contributed by atoms with Gasteiger partial charge in [-0.1, -0.05) is 36.4 Å². The number of aryl methyl sites for hydroxylation is 1. The van der Waals surface area contributed by atoms with Crippen molar-refractivity contribution in [2.75, 3.05) is 52.4 Å². The molecule has 9 nitrogen and oxygen atoms in total. The second kappa shape index (κ2) is 15.2. The van der Waals surface area contributed by atoms with Crippen molar-refractivity contribution in [1.82, 2.24) is 30.3 Å². The molecular weight excluding hydrogens is 619 g/mol. The van der Waals surface area contributed by atoms with Crippen LogP contribution in [0.1, 0.15) is 23.1 Å². The Balaban J connectivity index is 1.15. The van der Waals surface area contributed by atoms with E-state index in [4.69, 9.17) is 0 Å². The quantitative estimate of drug-likeness (QED) is 0.205. The van der Waals surface area contributed by atoms with Gasteiger partial charge in [0.05, 0.1) is 17.7 Å².